The van der Waals surface area contributed by atoms with Gasteiger partial charge in [-0.2, -0.15) is 0 Å². The van der Waals surface area contributed by atoms with Gasteiger partial charge in [0.25, 0.3) is 0 Å². The minimum Gasteiger partial charge on any atom is -0.361 e. The van der Waals surface area contributed by atoms with Crippen LogP contribution in [0.25, 0.3) is 0 Å². The zero-order valence-electron chi connectivity index (χ0n) is 15.6. The Morgan fingerprint density at radius 1 is 1.29 bits per heavy atom. The summed E-state index contributed by atoms with van der Waals surface area (Å²) in [5.41, 5.74) is 1.77. The minimum atomic E-state index is -0.242. The molecular weight excluding hydrogens is 421 g/mol. The van der Waals surface area contributed by atoms with E-state index in [1.165, 1.54) is 0 Å². The molecule has 8 heteroatoms. The molecule has 138 valence electrons. The van der Waals surface area contributed by atoms with E-state index in [2.05, 4.69) is 33.0 Å². The molecule has 0 aliphatic heterocycles. The smallest absolute Gasteiger partial charge is 0.239 e. The predicted octanol–water partition coefficient (Wildman–Crippen LogP) is 2.09. The van der Waals surface area contributed by atoms with E-state index in [1.807, 2.05) is 34.6 Å². The number of carbonyl (C=O) groups excluding carboxylic acids is 1. The highest BCUT2D eigenvalue weighted by molar-refractivity contribution is 14.0. The van der Waals surface area contributed by atoms with E-state index in [1.54, 1.807) is 7.05 Å². The molecular formula is C16H30IN5O2. The molecule has 1 atom stereocenters. The van der Waals surface area contributed by atoms with Crippen LogP contribution in [-0.4, -0.2) is 42.7 Å². The molecule has 0 saturated carbocycles. The summed E-state index contributed by atoms with van der Waals surface area (Å²) in [5.74, 6) is 1.58. The molecule has 1 heterocycles. The lowest BCUT2D eigenvalue weighted by Crippen LogP contribution is -2.48. The first-order valence-electron chi connectivity index (χ1n) is 7.82. The summed E-state index contributed by atoms with van der Waals surface area (Å²) in [5, 5.41) is 13.1. The maximum Gasteiger partial charge on any atom is 0.239 e. The van der Waals surface area contributed by atoms with Crippen molar-refractivity contribution >= 4 is 35.8 Å². The van der Waals surface area contributed by atoms with Crippen molar-refractivity contribution < 1.29 is 9.32 Å². The molecule has 24 heavy (non-hydrogen) atoms. The monoisotopic (exact) mass is 451 g/mol. The van der Waals surface area contributed by atoms with Crippen molar-refractivity contribution in [3.63, 3.8) is 0 Å². The highest BCUT2D eigenvalue weighted by Crippen LogP contribution is 2.22. The number of amides is 1. The zero-order valence-corrected chi connectivity index (χ0v) is 17.9. The van der Waals surface area contributed by atoms with Crippen molar-refractivity contribution in [1.82, 2.24) is 21.1 Å². The SMILES string of the molecule is CN=C(NCC(=O)NC(C)(C)C)NCC(C)c1c(C)noc1C.I. The predicted molar refractivity (Wildman–Crippen MR) is 107 cm³/mol. The summed E-state index contributed by atoms with van der Waals surface area (Å²) in [6.07, 6.45) is 0. The number of aryl methyl sites for hydroxylation is 2. The van der Waals surface area contributed by atoms with Gasteiger partial charge in [0, 0.05) is 30.6 Å². The van der Waals surface area contributed by atoms with Crippen LogP contribution in [0, 0.1) is 13.8 Å². The Labute approximate surface area is 161 Å². The topological polar surface area (TPSA) is 91.5 Å². The number of nitrogens with zero attached hydrogens (tertiary/aromatic N) is 2. The van der Waals surface area contributed by atoms with Crippen molar-refractivity contribution in [2.24, 2.45) is 4.99 Å². The Hall–Kier alpha value is -1.32. The Bertz CT molecular complexity index is 544. The van der Waals surface area contributed by atoms with Crippen molar-refractivity contribution in [3.8, 4) is 0 Å². The quantitative estimate of drug-likeness (QED) is 0.362. The van der Waals surface area contributed by atoms with Gasteiger partial charge in [-0.25, -0.2) is 0 Å². The van der Waals surface area contributed by atoms with Crippen LogP contribution in [0.15, 0.2) is 9.52 Å². The largest absolute Gasteiger partial charge is 0.361 e. The van der Waals surface area contributed by atoms with Gasteiger partial charge in [-0.15, -0.1) is 24.0 Å². The number of carbonyl (C=O) groups is 1. The van der Waals surface area contributed by atoms with Gasteiger partial charge in [0.15, 0.2) is 5.96 Å². The number of nitrogens with one attached hydrogen (secondary N) is 3. The van der Waals surface area contributed by atoms with E-state index < -0.39 is 0 Å². The molecule has 1 unspecified atom stereocenters. The molecule has 0 fully saturated rings. The van der Waals surface area contributed by atoms with E-state index in [0.29, 0.717) is 12.5 Å². The van der Waals surface area contributed by atoms with Crippen molar-refractivity contribution in [2.45, 2.75) is 53.0 Å². The van der Waals surface area contributed by atoms with E-state index in [0.717, 1.165) is 17.0 Å². The van der Waals surface area contributed by atoms with Gasteiger partial charge in [0.1, 0.15) is 5.76 Å². The van der Waals surface area contributed by atoms with E-state index >= 15 is 0 Å². The second-order valence-electron chi connectivity index (χ2n) is 6.74. The average Bonchev–Trinajstić information content (AvgIpc) is 2.76. The van der Waals surface area contributed by atoms with Gasteiger partial charge in [-0.05, 0) is 34.6 Å². The first-order chi connectivity index (χ1) is 10.6. The summed E-state index contributed by atoms with van der Waals surface area (Å²) < 4.78 is 5.20. The van der Waals surface area contributed by atoms with Crippen LogP contribution < -0.4 is 16.0 Å². The van der Waals surface area contributed by atoms with Gasteiger partial charge in [-0.3, -0.25) is 9.79 Å². The van der Waals surface area contributed by atoms with Crippen LogP contribution in [0.1, 0.15) is 50.6 Å². The highest BCUT2D eigenvalue weighted by Gasteiger charge is 2.17. The van der Waals surface area contributed by atoms with E-state index in [9.17, 15) is 4.79 Å². The lowest BCUT2D eigenvalue weighted by atomic mass is 10.00. The lowest BCUT2D eigenvalue weighted by molar-refractivity contribution is -0.121. The summed E-state index contributed by atoms with van der Waals surface area (Å²) in [7, 11) is 1.68. The maximum atomic E-state index is 11.8. The summed E-state index contributed by atoms with van der Waals surface area (Å²) in [6.45, 7) is 12.6. The molecule has 3 N–H and O–H groups in total. The van der Waals surface area contributed by atoms with Crippen molar-refractivity contribution in [3.05, 3.63) is 17.0 Å². The first-order valence-corrected chi connectivity index (χ1v) is 7.82. The number of rotatable bonds is 5. The van der Waals surface area contributed by atoms with Crippen LogP contribution in [0.2, 0.25) is 0 Å². The molecule has 0 saturated heterocycles. The molecule has 0 radical (unpaired) electrons. The average molecular weight is 451 g/mol. The molecule has 1 rings (SSSR count). The third-order valence-electron chi connectivity index (χ3n) is 3.31. The van der Waals surface area contributed by atoms with Crippen LogP contribution in [0.3, 0.4) is 0 Å². The molecule has 0 aliphatic carbocycles. The van der Waals surface area contributed by atoms with Crippen LogP contribution >= 0.6 is 24.0 Å². The van der Waals surface area contributed by atoms with Crippen LogP contribution in [0.4, 0.5) is 0 Å². The van der Waals surface area contributed by atoms with Crippen LogP contribution in [0.5, 0.6) is 0 Å². The van der Waals surface area contributed by atoms with Gasteiger partial charge >= 0.3 is 0 Å². The number of hydrogen-bond donors (Lipinski definition) is 3. The lowest BCUT2D eigenvalue weighted by Gasteiger charge is -2.21. The molecule has 1 aromatic heterocycles. The molecule has 1 aromatic rings. The second kappa shape index (κ2) is 9.85. The second-order valence-corrected chi connectivity index (χ2v) is 6.74. The fraction of sp³-hybridized carbons (Fsp3) is 0.688. The normalized spacial score (nSPS) is 13.0. The van der Waals surface area contributed by atoms with Gasteiger partial charge < -0.3 is 20.5 Å². The summed E-state index contributed by atoms with van der Waals surface area (Å²) >= 11 is 0. The number of aliphatic imine (C=N–C) groups is 1. The Morgan fingerprint density at radius 3 is 2.38 bits per heavy atom. The van der Waals surface area contributed by atoms with Crippen molar-refractivity contribution in [2.75, 3.05) is 20.1 Å². The molecule has 0 aromatic carbocycles. The molecule has 0 aliphatic rings. The third-order valence-corrected chi connectivity index (χ3v) is 3.31. The Kier molecular flexibility index (Phi) is 9.31. The molecule has 0 bridgehead atoms. The Morgan fingerprint density at radius 2 is 1.92 bits per heavy atom. The number of halogens is 1. The summed E-state index contributed by atoms with van der Waals surface area (Å²) in [6, 6.07) is 0. The zero-order chi connectivity index (χ0) is 17.6. The highest BCUT2D eigenvalue weighted by atomic mass is 127. The standard InChI is InChI=1S/C16H29N5O2.HI/c1-10(14-11(2)21-23-12(14)3)8-18-15(17-7)19-9-13(22)20-16(4,5)6;/h10H,8-9H2,1-7H3,(H,20,22)(H2,17,18,19);1H. The van der Waals surface area contributed by atoms with Gasteiger partial charge in [0.2, 0.25) is 5.91 Å². The minimum absolute atomic E-state index is 0. The van der Waals surface area contributed by atoms with E-state index in [-0.39, 0.29) is 47.9 Å². The first kappa shape index (κ1) is 22.7. The van der Waals surface area contributed by atoms with Crippen LogP contribution in [-0.2, 0) is 4.79 Å². The number of guanidine groups is 1. The Balaban J connectivity index is 0.00000529. The van der Waals surface area contributed by atoms with Gasteiger partial charge in [-0.1, -0.05) is 12.1 Å². The molecule has 0 spiro atoms. The maximum absolute atomic E-state index is 11.8. The molecule has 7 nitrogen and oxygen atoms in total. The number of hydrogen-bond acceptors (Lipinski definition) is 4. The van der Waals surface area contributed by atoms with Crippen molar-refractivity contribution in [1.29, 1.82) is 0 Å². The summed E-state index contributed by atoms with van der Waals surface area (Å²) in [4.78, 5) is 15.9. The molecule has 1 amide bonds. The van der Waals surface area contributed by atoms with Gasteiger partial charge in [0.05, 0.1) is 12.2 Å². The fourth-order valence-electron chi connectivity index (χ4n) is 2.39. The number of aromatic nitrogens is 1. The fourth-order valence-corrected chi connectivity index (χ4v) is 2.39. The van der Waals surface area contributed by atoms with E-state index in [4.69, 9.17) is 4.52 Å². The third kappa shape index (κ3) is 7.50.